The number of ketones is 2. The molecule has 0 aliphatic carbocycles. The number of fused-ring (bicyclic) bond motifs is 1. The zero-order chi connectivity index (χ0) is 41.5. The number of nitrogens with two attached hydrogens (primary N) is 1. The Kier molecular flexibility index (Phi) is 22.2. The second-order valence-corrected chi connectivity index (χ2v) is 15.3. The van der Waals surface area contributed by atoms with Crippen LogP contribution in [0.3, 0.4) is 0 Å². The summed E-state index contributed by atoms with van der Waals surface area (Å²) in [5, 5.41) is 5.25. The minimum absolute atomic E-state index is 0.167. The smallest absolute Gasteiger partial charge is 0.159 e. The second-order valence-electron chi connectivity index (χ2n) is 14.2. The predicted octanol–water partition coefficient (Wildman–Crippen LogP) is 10.0. The van der Waals surface area contributed by atoms with E-state index in [-0.39, 0.29) is 11.6 Å². The third-order valence-electron chi connectivity index (χ3n) is 8.70. The van der Waals surface area contributed by atoms with Crippen molar-refractivity contribution in [2.75, 3.05) is 31.6 Å². The zero-order valence-electron chi connectivity index (χ0n) is 35.3. The number of nitrogens with one attached hydrogen (secondary N) is 1. The van der Waals surface area contributed by atoms with Crippen molar-refractivity contribution in [3.63, 3.8) is 0 Å². The lowest BCUT2D eigenvalue weighted by molar-refractivity contribution is -0.118. The van der Waals surface area contributed by atoms with Gasteiger partial charge in [-0.15, -0.1) is 0 Å². The van der Waals surface area contributed by atoms with E-state index in [9.17, 15) is 9.59 Å². The van der Waals surface area contributed by atoms with Crippen LogP contribution < -0.4 is 11.2 Å². The van der Waals surface area contributed by atoms with Gasteiger partial charge in [0, 0.05) is 58.5 Å². The number of thioether (sulfide) groups is 1. The lowest BCUT2D eigenvalue weighted by Gasteiger charge is -2.19. The molecule has 302 valence electrons. The molecule has 6 rings (SSSR count). The average Bonchev–Trinajstić information content (AvgIpc) is 3.65. The molecule has 2 unspecified atom stereocenters. The summed E-state index contributed by atoms with van der Waals surface area (Å²) in [5.74, 6) is 1.66. The van der Waals surface area contributed by atoms with Gasteiger partial charge < -0.3 is 16.0 Å². The van der Waals surface area contributed by atoms with E-state index in [0.29, 0.717) is 12.5 Å². The number of allylic oxidation sites excluding steroid dienone is 1. The fourth-order valence-corrected chi connectivity index (χ4v) is 6.43. The average molecular weight is 780 g/mol. The number of nitrogens with zero attached hydrogens (tertiary/aromatic N) is 5. The van der Waals surface area contributed by atoms with E-state index < -0.39 is 0 Å². The number of rotatable bonds is 10. The summed E-state index contributed by atoms with van der Waals surface area (Å²) >= 11 is 1.91. The molecule has 4 heterocycles. The van der Waals surface area contributed by atoms with Crippen molar-refractivity contribution in [2.24, 2.45) is 5.10 Å². The lowest BCUT2D eigenvalue weighted by Crippen LogP contribution is -2.26. The fraction of sp³-hybridized carbons (Fsp3) is 0.435. The summed E-state index contributed by atoms with van der Waals surface area (Å²) in [6, 6.07) is 20.2. The monoisotopic (exact) mass is 779 g/mol. The second kappa shape index (κ2) is 26.2. The summed E-state index contributed by atoms with van der Waals surface area (Å²) < 4.78 is 0. The predicted molar refractivity (Wildman–Crippen MR) is 239 cm³/mol. The molecule has 0 saturated carbocycles. The Morgan fingerprint density at radius 1 is 0.946 bits per heavy atom. The van der Waals surface area contributed by atoms with Crippen LogP contribution in [0.1, 0.15) is 121 Å². The largest absolute Gasteiger partial charge is 0.399 e. The molecule has 1 fully saturated rings. The minimum atomic E-state index is 0.167. The van der Waals surface area contributed by atoms with Gasteiger partial charge in [-0.1, -0.05) is 84.4 Å². The molecule has 3 N–H and O–H groups in total. The molecule has 56 heavy (non-hydrogen) atoms. The van der Waals surface area contributed by atoms with Crippen LogP contribution in [-0.4, -0.2) is 68.3 Å². The van der Waals surface area contributed by atoms with Gasteiger partial charge in [0.1, 0.15) is 11.6 Å². The van der Waals surface area contributed by atoms with Crippen LogP contribution in [0.5, 0.6) is 0 Å². The Labute approximate surface area is 341 Å². The van der Waals surface area contributed by atoms with Crippen LogP contribution in [0.25, 0.3) is 17.0 Å². The number of Topliss-reactive ketones (excluding diaryl/α,β-unsaturated/α-hetero) is 2. The molecule has 0 bridgehead atoms. The van der Waals surface area contributed by atoms with E-state index in [1.54, 1.807) is 19.3 Å². The zero-order valence-corrected chi connectivity index (χ0v) is 36.1. The van der Waals surface area contributed by atoms with Gasteiger partial charge in [-0.25, -0.2) is 9.97 Å². The molecule has 2 aromatic heterocycles. The van der Waals surface area contributed by atoms with Crippen molar-refractivity contribution in [1.29, 1.82) is 0 Å². The number of hydrazone groups is 1. The molecule has 2 atom stereocenters. The molecule has 2 aliphatic rings. The first kappa shape index (κ1) is 47.5. The molecule has 2 aromatic carbocycles. The lowest BCUT2D eigenvalue weighted by atomic mass is 9.94. The number of likely N-dealkylation sites (tertiary alicyclic amines) is 1. The van der Waals surface area contributed by atoms with Gasteiger partial charge >= 0.3 is 0 Å². The number of anilines is 1. The first-order valence-electron chi connectivity index (χ1n) is 19.8. The topological polar surface area (TPSA) is 126 Å². The molecule has 2 aliphatic heterocycles. The van der Waals surface area contributed by atoms with Crippen molar-refractivity contribution >= 4 is 40.3 Å². The van der Waals surface area contributed by atoms with E-state index >= 15 is 0 Å². The minimum Gasteiger partial charge on any atom is -0.399 e. The van der Waals surface area contributed by atoms with E-state index in [1.165, 1.54) is 43.4 Å². The Morgan fingerprint density at radius 2 is 1.61 bits per heavy atom. The summed E-state index contributed by atoms with van der Waals surface area (Å²) in [4.78, 5) is 35.4. The molecular weight excluding hydrogens is 715 g/mol. The molecule has 0 amide bonds. The molecule has 0 radical (unpaired) electrons. The molecule has 1 saturated heterocycles. The van der Waals surface area contributed by atoms with E-state index in [0.717, 1.165) is 83.8 Å². The van der Waals surface area contributed by atoms with Crippen LogP contribution in [0.15, 0.2) is 90.9 Å². The normalized spacial score (nSPS) is 14.5. The number of aromatic nitrogens is 3. The van der Waals surface area contributed by atoms with Crippen molar-refractivity contribution in [3.05, 3.63) is 114 Å². The molecular formula is C46H65N7O2S. The highest BCUT2D eigenvalue weighted by Gasteiger charge is 2.22. The standard InChI is InChI=1S/C17H20N4.C15H16N2.C8H15NOS.C3H6O.C3H8/c1-3-11(2)16-8-12(6-7-19-16)17-15-9-14(18)5-4-13(15)10-20-21-17;1-3-5-12(2)13-6-8-14(9-7-13)15-16-10-4-11-17-15;1-7(10)5-9-4-3-8(6-9)11-2;1-3(2)4;1-3-2/h4-9,11,20H,3,10,18H2,1-2H3;4,6-11H,2-3,5H2,1H3;8H,3-6H2,1-2H3;1-2H3;3H2,1-2H3. The molecule has 4 aromatic rings. The van der Waals surface area contributed by atoms with Gasteiger partial charge in [-0.2, -0.15) is 16.9 Å². The number of benzene rings is 2. The van der Waals surface area contributed by atoms with Gasteiger partial charge in [-0.3, -0.25) is 14.7 Å². The Bertz CT molecular complexity index is 1810. The van der Waals surface area contributed by atoms with Gasteiger partial charge in [0.25, 0.3) is 0 Å². The van der Waals surface area contributed by atoms with Crippen molar-refractivity contribution in [3.8, 4) is 11.4 Å². The fourth-order valence-electron chi connectivity index (χ4n) is 5.72. The summed E-state index contributed by atoms with van der Waals surface area (Å²) in [6.45, 7) is 23.2. The SMILES string of the molecule is C=C(CCC)c1ccc(-c2ncccn2)cc1.CC(C)=O.CCC.CCC(C)c1cc(C2=NNCc3ccc(N)cc32)ccn1.CSC1CCN(CC(C)=O)C1. The number of carbonyl (C=O) groups is 2. The maximum absolute atomic E-state index is 10.7. The van der Waals surface area contributed by atoms with Gasteiger partial charge in [0.15, 0.2) is 5.82 Å². The molecule has 10 heteroatoms. The van der Waals surface area contributed by atoms with Gasteiger partial charge in [0.05, 0.1) is 18.8 Å². The first-order chi connectivity index (χ1) is 26.9. The van der Waals surface area contributed by atoms with E-state index in [4.69, 9.17) is 5.73 Å². The summed E-state index contributed by atoms with van der Waals surface area (Å²) in [6.07, 6.45) is 13.3. The third-order valence-corrected chi connectivity index (χ3v) is 9.75. The Morgan fingerprint density at radius 3 is 2.18 bits per heavy atom. The van der Waals surface area contributed by atoms with E-state index in [1.807, 2.05) is 54.4 Å². The van der Waals surface area contributed by atoms with Crippen molar-refractivity contribution in [2.45, 2.75) is 105 Å². The Hall–Kier alpha value is -4.67. The van der Waals surface area contributed by atoms with Crippen LogP contribution >= 0.6 is 11.8 Å². The van der Waals surface area contributed by atoms with Crippen molar-refractivity contribution in [1.82, 2.24) is 25.3 Å². The first-order valence-corrected chi connectivity index (χ1v) is 21.1. The quantitative estimate of drug-likeness (QED) is 0.151. The summed E-state index contributed by atoms with van der Waals surface area (Å²) in [7, 11) is 0. The van der Waals surface area contributed by atoms with Crippen LogP contribution in [-0.2, 0) is 16.1 Å². The number of carbonyl (C=O) groups excluding carboxylic acids is 2. The molecule has 0 spiro atoms. The highest BCUT2D eigenvalue weighted by Crippen LogP contribution is 2.24. The highest BCUT2D eigenvalue weighted by atomic mass is 32.2. The maximum Gasteiger partial charge on any atom is 0.159 e. The number of hydrogen-bond donors (Lipinski definition) is 2. The third kappa shape index (κ3) is 17.0. The van der Waals surface area contributed by atoms with E-state index in [2.05, 4.69) is 102 Å². The number of pyridine rings is 1. The van der Waals surface area contributed by atoms with Gasteiger partial charge in [0.2, 0.25) is 0 Å². The van der Waals surface area contributed by atoms with Gasteiger partial charge in [-0.05, 0) is 106 Å². The number of nitrogen functional groups attached to an aromatic ring is 1. The number of hydrogen-bond acceptors (Lipinski definition) is 10. The Balaban J connectivity index is 0.000000277. The summed E-state index contributed by atoms with van der Waals surface area (Å²) in [5.41, 5.74) is 18.7. The maximum atomic E-state index is 10.7. The van der Waals surface area contributed by atoms with Crippen LogP contribution in [0.4, 0.5) is 5.69 Å². The van der Waals surface area contributed by atoms with Crippen LogP contribution in [0.2, 0.25) is 0 Å². The molecule has 9 nitrogen and oxygen atoms in total. The highest BCUT2D eigenvalue weighted by molar-refractivity contribution is 7.99. The van der Waals surface area contributed by atoms with Crippen molar-refractivity contribution < 1.29 is 9.59 Å². The van der Waals surface area contributed by atoms with Crippen LogP contribution in [0, 0.1) is 0 Å².